The number of hydrogen-bond donors (Lipinski definition) is 2. The fourth-order valence-corrected chi connectivity index (χ4v) is 2.05. The first kappa shape index (κ1) is 15.1. The first-order valence-electron chi connectivity index (χ1n) is 6.34. The van der Waals surface area contributed by atoms with Crippen molar-refractivity contribution in [3.8, 4) is 0 Å². The number of nitrogens with one attached hydrogen (secondary N) is 1. The van der Waals surface area contributed by atoms with Gasteiger partial charge >= 0.3 is 5.97 Å². The average Bonchev–Trinajstić information content (AvgIpc) is 2.43. The zero-order chi connectivity index (χ0) is 15.4. The molecule has 21 heavy (non-hydrogen) atoms. The van der Waals surface area contributed by atoms with Crippen LogP contribution in [0.1, 0.15) is 21.5 Å². The number of amides is 1. The summed E-state index contributed by atoms with van der Waals surface area (Å²) in [5.41, 5.74) is 2.14. The van der Waals surface area contributed by atoms with Crippen molar-refractivity contribution in [3.05, 3.63) is 64.2 Å². The summed E-state index contributed by atoms with van der Waals surface area (Å²) in [6.07, 6.45) is 0.202. The van der Waals surface area contributed by atoms with E-state index < -0.39 is 5.97 Å². The van der Waals surface area contributed by atoms with Gasteiger partial charge in [0, 0.05) is 10.7 Å². The number of anilines is 1. The molecule has 0 saturated heterocycles. The van der Waals surface area contributed by atoms with Gasteiger partial charge in [-0.3, -0.25) is 4.79 Å². The maximum Gasteiger partial charge on any atom is 0.336 e. The number of hydrogen-bond acceptors (Lipinski definition) is 2. The zero-order valence-electron chi connectivity index (χ0n) is 11.4. The fourth-order valence-electron chi connectivity index (χ4n) is 1.92. The summed E-state index contributed by atoms with van der Waals surface area (Å²) in [5, 5.41) is 12.4. The molecule has 0 bridgehead atoms. The summed E-state index contributed by atoms with van der Waals surface area (Å²) in [6, 6.07) is 11.8. The molecular weight excluding hydrogens is 290 g/mol. The van der Waals surface area contributed by atoms with Crippen LogP contribution >= 0.6 is 11.6 Å². The molecule has 0 fully saturated rings. The zero-order valence-corrected chi connectivity index (χ0v) is 12.1. The van der Waals surface area contributed by atoms with E-state index in [-0.39, 0.29) is 17.9 Å². The lowest BCUT2D eigenvalue weighted by atomic mass is 10.1. The quantitative estimate of drug-likeness (QED) is 0.908. The minimum absolute atomic E-state index is 0.180. The molecule has 2 rings (SSSR count). The summed E-state index contributed by atoms with van der Waals surface area (Å²) in [7, 11) is 0. The number of aryl methyl sites for hydroxylation is 1. The summed E-state index contributed by atoms with van der Waals surface area (Å²) in [4.78, 5) is 23.0. The molecule has 108 valence electrons. The molecule has 4 nitrogen and oxygen atoms in total. The molecule has 0 atom stereocenters. The number of carboxylic acid groups (broad SMARTS) is 1. The molecule has 0 unspecified atom stereocenters. The summed E-state index contributed by atoms with van der Waals surface area (Å²) >= 11 is 5.78. The summed E-state index contributed by atoms with van der Waals surface area (Å²) in [6.45, 7) is 1.71. The van der Waals surface area contributed by atoms with Gasteiger partial charge in [0.25, 0.3) is 0 Å². The van der Waals surface area contributed by atoms with Crippen molar-refractivity contribution >= 4 is 29.2 Å². The van der Waals surface area contributed by atoms with Crippen LogP contribution < -0.4 is 5.32 Å². The third-order valence-corrected chi connectivity index (χ3v) is 3.28. The van der Waals surface area contributed by atoms with Gasteiger partial charge in [-0.1, -0.05) is 29.8 Å². The van der Waals surface area contributed by atoms with Crippen LogP contribution in [0.2, 0.25) is 5.02 Å². The molecule has 0 spiro atoms. The van der Waals surface area contributed by atoms with Crippen LogP contribution in [-0.2, 0) is 11.2 Å². The topological polar surface area (TPSA) is 66.4 Å². The third kappa shape index (κ3) is 4.07. The van der Waals surface area contributed by atoms with Gasteiger partial charge in [0.2, 0.25) is 5.91 Å². The first-order valence-corrected chi connectivity index (χ1v) is 6.72. The molecule has 0 aliphatic carbocycles. The Hall–Kier alpha value is -2.33. The van der Waals surface area contributed by atoms with Crippen LogP contribution in [0.25, 0.3) is 0 Å². The number of benzene rings is 2. The van der Waals surface area contributed by atoms with Gasteiger partial charge in [-0.25, -0.2) is 4.79 Å². The summed E-state index contributed by atoms with van der Waals surface area (Å²) in [5.74, 6) is -1.22. The minimum atomic E-state index is -1.01. The minimum Gasteiger partial charge on any atom is -0.478 e. The molecule has 2 aromatic rings. The van der Waals surface area contributed by atoms with Gasteiger partial charge in [-0.15, -0.1) is 0 Å². The lowest BCUT2D eigenvalue weighted by Gasteiger charge is -2.08. The average molecular weight is 304 g/mol. The van der Waals surface area contributed by atoms with Crippen molar-refractivity contribution in [1.29, 1.82) is 0 Å². The Morgan fingerprint density at radius 2 is 1.81 bits per heavy atom. The number of carbonyl (C=O) groups excluding carboxylic acids is 1. The van der Waals surface area contributed by atoms with E-state index in [1.165, 1.54) is 6.07 Å². The van der Waals surface area contributed by atoms with Crippen molar-refractivity contribution in [3.63, 3.8) is 0 Å². The predicted molar refractivity (Wildman–Crippen MR) is 81.9 cm³/mol. The second kappa shape index (κ2) is 6.41. The molecule has 2 aromatic carbocycles. The van der Waals surface area contributed by atoms with Crippen molar-refractivity contribution < 1.29 is 14.7 Å². The van der Waals surface area contributed by atoms with Gasteiger partial charge in [0.1, 0.15) is 0 Å². The van der Waals surface area contributed by atoms with Gasteiger partial charge in [0.15, 0.2) is 0 Å². The molecular formula is C16H14ClNO3. The van der Waals surface area contributed by atoms with E-state index in [9.17, 15) is 9.59 Å². The normalized spacial score (nSPS) is 10.2. The SMILES string of the molecule is Cc1ccc(NC(=O)Cc2ccc(Cl)cc2)cc1C(=O)O. The van der Waals surface area contributed by atoms with E-state index in [0.29, 0.717) is 16.3 Å². The molecule has 0 heterocycles. The molecule has 5 heteroatoms. The highest BCUT2D eigenvalue weighted by molar-refractivity contribution is 6.30. The van der Waals surface area contributed by atoms with Crippen molar-refractivity contribution in [2.24, 2.45) is 0 Å². The number of halogens is 1. The smallest absolute Gasteiger partial charge is 0.336 e. The molecule has 0 radical (unpaired) electrons. The van der Waals surface area contributed by atoms with E-state index in [1.807, 2.05) is 0 Å². The van der Waals surface area contributed by atoms with Crippen LogP contribution in [0.3, 0.4) is 0 Å². The number of rotatable bonds is 4. The highest BCUT2D eigenvalue weighted by Gasteiger charge is 2.10. The van der Waals surface area contributed by atoms with Crippen LogP contribution in [0, 0.1) is 6.92 Å². The Balaban J connectivity index is 2.07. The Bertz CT molecular complexity index is 680. The van der Waals surface area contributed by atoms with E-state index in [4.69, 9.17) is 16.7 Å². The van der Waals surface area contributed by atoms with Crippen LogP contribution in [0.5, 0.6) is 0 Å². The molecule has 0 saturated carbocycles. The van der Waals surface area contributed by atoms with Crippen LogP contribution in [0.15, 0.2) is 42.5 Å². The molecule has 2 N–H and O–H groups in total. The Labute approximate surface area is 127 Å². The van der Waals surface area contributed by atoms with Gasteiger partial charge in [-0.05, 0) is 42.3 Å². The number of carbonyl (C=O) groups is 2. The Morgan fingerprint density at radius 3 is 2.43 bits per heavy atom. The van der Waals surface area contributed by atoms with Gasteiger partial charge in [-0.2, -0.15) is 0 Å². The Morgan fingerprint density at radius 1 is 1.14 bits per heavy atom. The lowest BCUT2D eigenvalue weighted by Crippen LogP contribution is -2.15. The first-order chi connectivity index (χ1) is 9.95. The largest absolute Gasteiger partial charge is 0.478 e. The second-order valence-corrected chi connectivity index (χ2v) is 5.12. The summed E-state index contributed by atoms with van der Waals surface area (Å²) < 4.78 is 0. The van der Waals surface area contributed by atoms with Gasteiger partial charge < -0.3 is 10.4 Å². The number of aromatic carboxylic acids is 1. The standard InChI is InChI=1S/C16H14ClNO3/c1-10-2-7-13(9-14(10)16(20)21)18-15(19)8-11-3-5-12(17)6-4-11/h2-7,9H,8H2,1H3,(H,18,19)(H,20,21). The third-order valence-electron chi connectivity index (χ3n) is 3.03. The van der Waals surface area contributed by atoms with Crippen molar-refractivity contribution in [1.82, 2.24) is 0 Å². The Kier molecular flexibility index (Phi) is 4.60. The second-order valence-electron chi connectivity index (χ2n) is 4.69. The van der Waals surface area contributed by atoms with Crippen molar-refractivity contribution in [2.45, 2.75) is 13.3 Å². The van der Waals surface area contributed by atoms with E-state index in [0.717, 1.165) is 5.56 Å². The maximum absolute atomic E-state index is 11.9. The molecule has 1 amide bonds. The fraction of sp³-hybridized carbons (Fsp3) is 0.125. The van der Waals surface area contributed by atoms with Crippen LogP contribution in [0.4, 0.5) is 5.69 Å². The highest BCUT2D eigenvalue weighted by atomic mass is 35.5. The highest BCUT2D eigenvalue weighted by Crippen LogP contribution is 2.16. The monoisotopic (exact) mass is 303 g/mol. The van der Waals surface area contributed by atoms with Crippen LogP contribution in [-0.4, -0.2) is 17.0 Å². The van der Waals surface area contributed by atoms with E-state index >= 15 is 0 Å². The molecule has 0 aromatic heterocycles. The van der Waals surface area contributed by atoms with E-state index in [2.05, 4.69) is 5.32 Å². The molecule has 0 aliphatic rings. The number of carboxylic acids is 1. The van der Waals surface area contributed by atoms with Gasteiger partial charge in [0.05, 0.1) is 12.0 Å². The lowest BCUT2D eigenvalue weighted by molar-refractivity contribution is -0.115. The maximum atomic E-state index is 11.9. The molecule has 0 aliphatic heterocycles. The van der Waals surface area contributed by atoms with Crippen molar-refractivity contribution in [2.75, 3.05) is 5.32 Å². The van der Waals surface area contributed by atoms with E-state index in [1.54, 1.807) is 43.3 Å². The predicted octanol–water partition coefficient (Wildman–Crippen LogP) is 3.53.